The first-order chi connectivity index (χ1) is 13.5. The molecule has 1 aliphatic rings. The van der Waals surface area contributed by atoms with Crippen LogP contribution < -0.4 is 5.32 Å². The number of hydrogen-bond acceptors (Lipinski definition) is 7. The second-order valence-corrected chi connectivity index (χ2v) is 7.28. The van der Waals surface area contributed by atoms with Crippen LogP contribution in [0.15, 0.2) is 18.5 Å². The Morgan fingerprint density at radius 2 is 2.07 bits per heavy atom. The quantitative estimate of drug-likeness (QED) is 0.650. The summed E-state index contributed by atoms with van der Waals surface area (Å²) < 4.78 is 9.10. The molecule has 9 nitrogen and oxygen atoms in total. The van der Waals surface area contributed by atoms with Crippen molar-refractivity contribution < 1.29 is 9.84 Å². The Kier molecular flexibility index (Phi) is 5.29. The van der Waals surface area contributed by atoms with Gasteiger partial charge in [0.05, 0.1) is 19.3 Å². The summed E-state index contributed by atoms with van der Waals surface area (Å²) in [4.78, 5) is 11.3. The van der Waals surface area contributed by atoms with Crippen molar-refractivity contribution in [1.29, 1.82) is 0 Å². The van der Waals surface area contributed by atoms with E-state index in [0.29, 0.717) is 13.1 Å². The summed E-state index contributed by atoms with van der Waals surface area (Å²) >= 11 is 0. The number of aryl methyl sites for hydroxylation is 2. The zero-order valence-corrected chi connectivity index (χ0v) is 16.6. The lowest BCUT2D eigenvalue weighted by molar-refractivity contribution is 0.0171. The van der Waals surface area contributed by atoms with Crippen LogP contribution in [0.4, 0.5) is 5.82 Å². The predicted molar refractivity (Wildman–Crippen MR) is 106 cm³/mol. The van der Waals surface area contributed by atoms with E-state index in [1.165, 1.54) is 0 Å². The number of imidazole rings is 1. The number of anilines is 1. The van der Waals surface area contributed by atoms with Crippen LogP contribution in [-0.2, 0) is 11.8 Å². The van der Waals surface area contributed by atoms with Gasteiger partial charge in [0, 0.05) is 62.9 Å². The Labute approximate surface area is 164 Å². The van der Waals surface area contributed by atoms with E-state index in [4.69, 9.17) is 9.84 Å². The van der Waals surface area contributed by atoms with Gasteiger partial charge in [-0.05, 0) is 13.8 Å². The number of hydrogen-bond donors (Lipinski definition) is 2. The summed E-state index contributed by atoms with van der Waals surface area (Å²) in [5, 5.41) is 18.6. The third kappa shape index (κ3) is 3.73. The smallest absolute Gasteiger partial charge is 0.160 e. The number of β-amino-alcohol motifs (C(OH)–C–C–N with tert-alkyl or cyclic N) is 1. The van der Waals surface area contributed by atoms with Gasteiger partial charge in [-0.15, -0.1) is 0 Å². The molecule has 0 amide bonds. The fraction of sp³-hybridized carbons (Fsp3) is 0.526. The average molecular weight is 385 g/mol. The SMILES string of the molecule is Cc1nc2cc(-c3nccn3C)nn2c(NCC(O)CN2CCOCC2)c1C. The van der Waals surface area contributed by atoms with E-state index in [1.807, 2.05) is 37.7 Å². The fourth-order valence-corrected chi connectivity index (χ4v) is 3.49. The van der Waals surface area contributed by atoms with Gasteiger partial charge < -0.3 is 19.7 Å². The number of aliphatic hydroxyl groups is 1. The maximum absolute atomic E-state index is 10.5. The number of rotatable bonds is 6. The molecule has 1 atom stereocenters. The third-order valence-electron chi connectivity index (χ3n) is 5.21. The molecule has 1 fully saturated rings. The molecule has 4 heterocycles. The molecule has 0 bridgehead atoms. The highest BCUT2D eigenvalue weighted by Gasteiger charge is 2.18. The van der Waals surface area contributed by atoms with Gasteiger partial charge in [-0.3, -0.25) is 4.90 Å². The van der Waals surface area contributed by atoms with Crippen molar-refractivity contribution >= 4 is 11.5 Å². The van der Waals surface area contributed by atoms with Gasteiger partial charge in [0.15, 0.2) is 11.5 Å². The Hall–Kier alpha value is -2.49. The summed E-state index contributed by atoms with van der Waals surface area (Å²) in [5.41, 5.74) is 3.47. The third-order valence-corrected chi connectivity index (χ3v) is 5.21. The molecule has 3 aromatic rings. The molecule has 0 spiro atoms. The van der Waals surface area contributed by atoms with E-state index < -0.39 is 6.10 Å². The molecule has 1 aliphatic heterocycles. The summed E-state index contributed by atoms with van der Waals surface area (Å²) in [7, 11) is 1.94. The van der Waals surface area contributed by atoms with E-state index in [1.54, 1.807) is 10.7 Å². The van der Waals surface area contributed by atoms with Crippen molar-refractivity contribution in [2.45, 2.75) is 20.0 Å². The Balaban J connectivity index is 1.56. The molecule has 1 unspecified atom stereocenters. The highest BCUT2D eigenvalue weighted by atomic mass is 16.5. The molecule has 150 valence electrons. The van der Waals surface area contributed by atoms with Crippen LogP contribution in [0.25, 0.3) is 17.2 Å². The van der Waals surface area contributed by atoms with Gasteiger partial charge in [-0.25, -0.2) is 9.97 Å². The first kappa shape index (κ1) is 18.9. The summed E-state index contributed by atoms with van der Waals surface area (Å²) in [6, 6.07) is 1.93. The predicted octanol–water partition coefficient (Wildman–Crippen LogP) is 0.852. The molecule has 0 aliphatic carbocycles. The van der Waals surface area contributed by atoms with Crippen molar-refractivity contribution in [1.82, 2.24) is 29.0 Å². The standard InChI is InChI=1S/C19H27N7O2/c1-13-14(2)22-17-10-16(19-20-4-5-24(19)3)23-26(17)18(13)21-11-15(27)12-25-6-8-28-9-7-25/h4-5,10,15,21,27H,6-9,11-12H2,1-3H3. The minimum absolute atomic E-state index is 0.439. The Morgan fingerprint density at radius 3 is 2.79 bits per heavy atom. The lowest BCUT2D eigenvalue weighted by Crippen LogP contribution is -2.42. The van der Waals surface area contributed by atoms with E-state index in [0.717, 1.165) is 60.5 Å². The van der Waals surface area contributed by atoms with Crippen LogP contribution in [0.2, 0.25) is 0 Å². The number of nitrogens with zero attached hydrogens (tertiary/aromatic N) is 6. The summed E-state index contributed by atoms with van der Waals surface area (Å²) in [6.07, 6.45) is 3.17. The monoisotopic (exact) mass is 385 g/mol. The minimum atomic E-state index is -0.481. The topological polar surface area (TPSA) is 92.7 Å². The number of ether oxygens (including phenoxy) is 1. The van der Waals surface area contributed by atoms with E-state index in [2.05, 4.69) is 20.2 Å². The van der Waals surface area contributed by atoms with Crippen LogP contribution in [0.3, 0.4) is 0 Å². The molecule has 0 radical (unpaired) electrons. The number of fused-ring (bicyclic) bond motifs is 1. The number of morpholine rings is 1. The van der Waals surface area contributed by atoms with E-state index in [9.17, 15) is 5.11 Å². The fourth-order valence-electron chi connectivity index (χ4n) is 3.49. The molecular weight excluding hydrogens is 358 g/mol. The first-order valence-electron chi connectivity index (χ1n) is 9.59. The highest BCUT2D eigenvalue weighted by molar-refractivity contribution is 5.62. The largest absolute Gasteiger partial charge is 0.390 e. The molecule has 1 saturated heterocycles. The van der Waals surface area contributed by atoms with Gasteiger partial charge in [0.1, 0.15) is 11.5 Å². The van der Waals surface area contributed by atoms with Crippen LogP contribution in [0, 0.1) is 13.8 Å². The van der Waals surface area contributed by atoms with E-state index in [-0.39, 0.29) is 0 Å². The van der Waals surface area contributed by atoms with Gasteiger partial charge in [0.25, 0.3) is 0 Å². The molecule has 2 N–H and O–H groups in total. The van der Waals surface area contributed by atoms with Gasteiger partial charge in [-0.1, -0.05) is 0 Å². The molecule has 3 aromatic heterocycles. The molecular formula is C19H27N7O2. The molecule has 0 saturated carbocycles. The summed E-state index contributed by atoms with van der Waals surface area (Å²) in [6.45, 7) is 8.24. The van der Waals surface area contributed by atoms with Crippen LogP contribution in [-0.4, -0.2) is 79.7 Å². The molecule has 28 heavy (non-hydrogen) atoms. The second kappa shape index (κ2) is 7.86. The zero-order chi connectivity index (χ0) is 19.7. The molecule has 4 rings (SSSR count). The lowest BCUT2D eigenvalue weighted by Gasteiger charge is -2.28. The van der Waals surface area contributed by atoms with Crippen molar-refractivity contribution in [3.05, 3.63) is 29.7 Å². The van der Waals surface area contributed by atoms with E-state index >= 15 is 0 Å². The van der Waals surface area contributed by atoms with Crippen molar-refractivity contribution in [3.63, 3.8) is 0 Å². The van der Waals surface area contributed by atoms with Crippen molar-refractivity contribution in [2.75, 3.05) is 44.7 Å². The Bertz CT molecular complexity index is 959. The van der Waals surface area contributed by atoms with Crippen molar-refractivity contribution in [2.24, 2.45) is 7.05 Å². The second-order valence-electron chi connectivity index (χ2n) is 7.28. The average Bonchev–Trinajstić information content (AvgIpc) is 3.28. The maximum atomic E-state index is 10.5. The number of aromatic nitrogens is 5. The zero-order valence-electron chi connectivity index (χ0n) is 16.6. The van der Waals surface area contributed by atoms with Crippen LogP contribution >= 0.6 is 0 Å². The Morgan fingerprint density at radius 1 is 1.29 bits per heavy atom. The van der Waals surface area contributed by atoms with Crippen molar-refractivity contribution in [3.8, 4) is 11.5 Å². The first-order valence-corrected chi connectivity index (χ1v) is 9.59. The lowest BCUT2D eigenvalue weighted by atomic mass is 10.2. The van der Waals surface area contributed by atoms with Gasteiger partial charge in [0.2, 0.25) is 0 Å². The number of nitrogens with one attached hydrogen (secondary N) is 1. The molecule has 0 aromatic carbocycles. The minimum Gasteiger partial charge on any atom is -0.390 e. The van der Waals surface area contributed by atoms with Crippen LogP contribution in [0.5, 0.6) is 0 Å². The van der Waals surface area contributed by atoms with Gasteiger partial charge in [-0.2, -0.15) is 9.61 Å². The van der Waals surface area contributed by atoms with Crippen LogP contribution in [0.1, 0.15) is 11.3 Å². The highest BCUT2D eigenvalue weighted by Crippen LogP contribution is 2.23. The normalized spacial score (nSPS) is 16.6. The number of aliphatic hydroxyl groups excluding tert-OH is 1. The molecule has 9 heteroatoms. The van der Waals surface area contributed by atoms with Gasteiger partial charge >= 0.3 is 0 Å². The summed E-state index contributed by atoms with van der Waals surface area (Å²) in [5.74, 6) is 1.64. The maximum Gasteiger partial charge on any atom is 0.160 e.